The Kier molecular flexibility index (Phi) is 3.75. The molecule has 0 aliphatic heterocycles. The van der Waals surface area contributed by atoms with E-state index >= 15 is 0 Å². The van der Waals surface area contributed by atoms with Crippen molar-refractivity contribution in [2.75, 3.05) is 5.43 Å². The molecule has 2 N–H and O–H groups in total. The average molecular weight is 246 g/mol. The van der Waals surface area contributed by atoms with Gasteiger partial charge < -0.3 is 5.43 Å². The maximum Gasteiger partial charge on any atom is 0.0780 e. The van der Waals surface area contributed by atoms with Crippen molar-refractivity contribution < 1.29 is 0 Å². The van der Waals surface area contributed by atoms with Crippen molar-refractivity contribution in [3.05, 3.63) is 27.2 Å². The van der Waals surface area contributed by atoms with Crippen molar-refractivity contribution in [1.29, 1.82) is 0 Å². The minimum atomic E-state index is 0.332. The fraction of sp³-hybridized carbons (Fsp3) is 0. The summed E-state index contributed by atoms with van der Waals surface area (Å²) >= 11 is 22.4. The van der Waals surface area contributed by atoms with Crippen LogP contribution in [0.2, 0.25) is 15.1 Å². The lowest BCUT2D eigenvalue weighted by molar-refractivity contribution is 1.20. The molecule has 66 valence electrons. The molecule has 1 aromatic carbocycles. The van der Waals surface area contributed by atoms with Crippen LogP contribution >= 0.6 is 46.6 Å². The van der Waals surface area contributed by atoms with E-state index in [9.17, 15) is 0 Å². The summed E-state index contributed by atoms with van der Waals surface area (Å²) < 4.78 is 0. The molecule has 0 bridgehead atoms. The highest BCUT2D eigenvalue weighted by Crippen LogP contribution is 2.32. The van der Waals surface area contributed by atoms with E-state index in [0.717, 1.165) is 0 Å². The lowest BCUT2D eigenvalue weighted by Crippen LogP contribution is -2.08. The van der Waals surface area contributed by atoms with Gasteiger partial charge in [0, 0.05) is 0 Å². The largest absolute Gasteiger partial charge is 0.308 e. The van der Waals surface area contributed by atoms with E-state index in [1.807, 2.05) is 0 Å². The van der Waals surface area contributed by atoms with E-state index in [-0.39, 0.29) is 0 Å². The van der Waals surface area contributed by atoms with E-state index in [2.05, 4.69) is 10.4 Å². The van der Waals surface area contributed by atoms with Gasteiger partial charge >= 0.3 is 0 Å². The Bertz CT molecular complexity index is 266. The Balaban J connectivity index is 3.04. The van der Waals surface area contributed by atoms with Gasteiger partial charge in [-0.05, 0) is 23.9 Å². The normalized spacial score (nSPS) is 10.0. The van der Waals surface area contributed by atoms with E-state index in [4.69, 9.17) is 46.6 Å². The first-order valence-electron chi connectivity index (χ1n) is 2.91. The highest BCUT2D eigenvalue weighted by molar-refractivity contribution is 6.48. The van der Waals surface area contributed by atoms with Crippen molar-refractivity contribution in [1.82, 2.24) is 4.94 Å². The smallest absolute Gasteiger partial charge is 0.0780 e. The van der Waals surface area contributed by atoms with Gasteiger partial charge in [-0.1, -0.05) is 34.8 Å². The van der Waals surface area contributed by atoms with Gasteiger partial charge in [0.1, 0.15) is 0 Å². The summed E-state index contributed by atoms with van der Waals surface area (Å²) in [6.45, 7) is 0. The molecular formula is C6H4Cl4N2. The molecule has 0 saturated heterocycles. The van der Waals surface area contributed by atoms with Crippen LogP contribution in [0.5, 0.6) is 0 Å². The number of benzene rings is 1. The number of halogens is 4. The Morgan fingerprint density at radius 1 is 1.00 bits per heavy atom. The van der Waals surface area contributed by atoms with Crippen molar-refractivity contribution >= 4 is 52.3 Å². The third-order valence-corrected chi connectivity index (χ3v) is 2.47. The zero-order chi connectivity index (χ0) is 9.14. The van der Waals surface area contributed by atoms with E-state index in [1.54, 1.807) is 12.1 Å². The Morgan fingerprint density at radius 3 is 1.92 bits per heavy atom. The quantitative estimate of drug-likeness (QED) is 0.472. The van der Waals surface area contributed by atoms with Gasteiger partial charge in [0.2, 0.25) is 0 Å². The third kappa shape index (κ3) is 2.31. The van der Waals surface area contributed by atoms with Gasteiger partial charge in [-0.15, -0.1) is 4.94 Å². The molecule has 2 nitrogen and oxygen atoms in total. The van der Waals surface area contributed by atoms with Crippen molar-refractivity contribution in [2.45, 2.75) is 0 Å². The molecule has 1 aromatic rings. The van der Waals surface area contributed by atoms with Crippen LogP contribution < -0.4 is 10.4 Å². The maximum atomic E-state index is 5.73. The molecule has 0 spiro atoms. The van der Waals surface area contributed by atoms with Gasteiger partial charge in [0.15, 0.2) is 0 Å². The summed E-state index contributed by atoms with van der Waals surface area (Å²) in [6, 6.07) is 3.20. The number of hydrazine groups is 1. The lowest BCUT2D eigenvalue weighted by atomic mass is 10.3. The fourth-order valence-corrected chi connectivity index (χ4v) is 1.39. The molecular weight excluding hydrogens is 242 g/mol. The number of rotatable bonds is 2. The molecule has 0 radical (unpaired) electrons. The van der Waals surface area contributed by atoms with Crippen LogP contribution in [0.15, 0.2) is 12.1 Å². The second-order valence-electron chi connectivity index (χ2n) is 1.97. The van der Waals surface area contributed by atoms with Crippen molar-refractivity contribution in [2.24, 2.45) is 0 Å². The molecule has 0 aliphatic rings. The molecule has 0 atom stereocenters. The van der Waals surface area contributed by atoms with Crippen LogP contribution in [-0.2, 0) is 0 Å². The molecule has 0 aromatic heterocycles. The summed E-state index contributed by atoms with van der Waals surface area (Å²) in [4.78, 5) is 2.22. The van der Waals surface area contributed by atoms with Crippen LogP contribution in [0.3, 0.4) is 0 Å². The highest BCUT2D eigenvalue weighted by Gasteiger charge is 2.04. The molecule has 0 fully saturated rings. The van der Waals surface area contributed by atoms with Crippen LogP contribution in [-0.4, -0.2) is 0 Å². The van der Waals surface area contributed by atoms with Crippen LogP contribution in [0.25, 0.3) is 0 Å². The molecule has 0 amide bonds. The SMILES string of the molecule is ClNNc1cc(Cl)c(Cl)c(Cl)c1. The van der Waals surface area contributed by atoms with E-state index in [1.165, 1.54) is 0 Å². The van der Waals surface area contributed by atoms with Gasteiger partial charge in [-0.2, -0.15) is 0 Å². The summed E-state index contributed by atoms with van der Waals surface area (Å²) in [5, 5.41) is 1.08. The molecule has 12 heavy (non-hydrogen) atoms. The fourth-order valence-electron chi connectivity index (χ4n) is 0.682. The van der Waals surface area contributed by atoms with Gasteiger partial charge in [-0.3, -0.25) is 0 Å². The second-order valence-corrected chi connectivity index (χ2v) is 3.35. The van der Waals surface area contributed by atoms with Crippen LogP contribution in [0, 0.1) is 0 Å². The minimum absolute atomic E-state index is 0.332. The molecule has 0 unspecified atom stereocenters. The third-order valence-electron chi connectivity index (χ3n) is 1.18. The number of hydrogen-bond acceptors (Lipinski definition) is 2. The lowest BCUT2D eigenvalue weighted by Gasteiger charge is -2.05. The maximum absolute atomic E-state index is 5.73. The van der Waals surface area contributed by atoms with Gasteiger partial charge in [-0.25, -0.2) is 0 Å². The summed E-state index contributed by atoms with van der Waals surface area (Å²) in [7, 11) is 0. The Morgan fingerprint density at radius 2 is 1.50 bits per heavy atom. The molecule has 0 heterocycles. The minimum Gasteiger partial charge on any atom is -0.308 e. The number of anilines is 1. The zero-order valence-corrected chi connectivity index (χ0v) is 8.69. The Labute approximate surface area is 89.8 Å². The van der Waals surface area contributed by atoms with Crippen molar-refractivity contribution in [3.63, 3.8) is 0 Å². The highest BCUT2D eigenvalue weighted by atomic mass is 35.5. The topological polar surface area (TPSA) is 24.1 Å². The predicted octanol–water partition coefficient (Wildman–Crippen LogP) is 3.72. The summed E-state index contributed by atoms with van der Waals surface area (Å²) in [5.74, 6) is 0. The molecule has 6 heteroatoms. The average Bonchev–Trinajstić information content (AvgIpc) is 2.01. The van der Waals surface area contributed by atoms with E-state index in [0.29, 0.717) is 20.8 Å². The monoisotopic (exact) mass is 244 g/mol. The summed E-state index contributed by atoms with van der Waals surface area (Å²) in [6.07, 6.45) is 0. The first-order chi connectivity index (χ1) is 5.65. The first kappa shape index (κ1) is 10.2. The standard InChI is InChI=1S/C6H4Cl4N2/c7-4-1-3(11-12-10)2-5(8)6(4)9/h1-2,11-12H. The van der Waals surface area contributed by atoms with E-state index < -0.39 is 0 Å². The van der Waals surface area contributed by atoms with Crippen LogP contribution in [0.4, 0.5) is 5.69 Å². The first-order valence-corrected chi connectivity index (χ1v) is 4.42. The number of hydrogen-bond donors (Lipinski definition) is 2. The summed E-state index contributed by atoms with van der Waals surface area (Å²) in [5.41, 5.74) is 3.25. The predicted molar refractivity (Wildman–Crippen MR) is 54.1 cm³/mol. The zero-order valence-electron chi connectivity index (χ0n) is 5.67. The van der Waals surface area contributed by atoms with Crippen LogP contribution in [0.1, 0.15) is 0 Å². The van der Waals surface area contributed by atoms with Gasteiger partial charge in [0.25, 0.3) is 0 Å². The van der Waals surface area contributed by atoms with Crippen molar-refractivity contribution in [3.8, 4) is 0 Å². The molecule has 0 saturated carbocycles. The molecule has 1 rings (SSSR count). The van der Waals surface area contributed by atoms with Gasteiger partial charge in [0.05, 0.1) is 20.8 Å². The number of nitrogens with one attached hydrogen (secondary N) is 2. The molecule has 0 aliphatic carbocycles. The Hall–Kier alpha value is 0.140. The second kappa shape index (κ2) is 4.40.